The molecule has 0 bridgehead atoms. The van der Waals surface area contributed by atoms with E-state index >= 15 is 0 Å². The molecule has 0 fully saturated rings. The molecular weight excluding hydrogens is 365 g/mol. The van der Waals surface area contributed by atoms with E-state index in [0.717, 1.165) is 15.4 Å². The SMILES string of the molecule is FC(F)(F)CCO/N=C/c1cccc(-c2cnc(-c3cccnc3)s2)n1. The molecule has 3 heterocycles. The van der Waals surface area contributed by atoms with Gasteiger partial charge in [-0.05, 0) is 24.3 Å². The second kappa shape index (κ2) is 8.05. The topological polar surface area (TPSA) is 60.3 Å². The largest absolute Gasteiger partial charge is 0.395 e. The molecule has 0 N–H and O–H groups in total. The van der Waals surface area contributed by atoms with Crippen molar-refractivity contribution in [3.63, 3.8) is 0 Å². The number of oxime groups is 1. The minimum atomic E-state index is -4.26. The van der Waals surface area contributed by atoms with E-state index in [1.807, 2.05) is 18.2 Å². The molecule has 0 aliphatic heterocycles. The number of pyridine rings is 2. The zero-order chi connectivity index (χ0) is 18.4. The van der Waals surface area contributed by atoms with Gasteiger partial charge in [0, 0.05) is 24.2 Å². The first kappa shape index (κ1) is 18.0. The van der Waals surface area contributed by atoms with Crippen LogP contribution >= 0.6 is 11.3 Å². The van der Waals surface area contributed by atoms with Gasteiger partial charge in [-0.2, -0.15) is 13.2 Å². The van der Waals surface area contributed by atoms with Crippen LogP contribution in [0.5, 0.6) is 0 Å². The Morgan fingerprint density at radius 2 is 2.04 bits per heavy atom. The van der Waals surface area contributed by atoms with Crippen molar-refractivity contribution >= 4 is 17.6 Å². The molecule has 9 heteroatoms. The van der Waals surface area contributed by atoms with Gasteiger partial charge in [-0.25, -0.2) is 9.97 Å². The highest BCUT2D eigenvalue weighted by molar-refractivity contribution is 7.18. The fourth-order valence-corrected chi connectivity index (χ4v) is 2.86. The molecule has 0 aromatic carbocycles. The van der Waals surface area contributed by atoms with Gasteiger partial charge in [-0.1, -0.05) is 11.2 Å². The molecule has 3 aromatic heterocycles. The lowest BCUT2D eigenvalue weighted by Gasteiger charge is -2.03. The Hall–Kier alpha value is -2.81. The van der Waals surface area contributed by atoms with Gasteiger partial charge in [0.2, 0.25) is 0 Å². The third-order valence-corrected chi connectivity index (χ3v) is 4.24. The van der Waals surface area contributed by atoms with Crippen molar-refractivity contribution in [2.24, 2.45) is 5.16 Å². The predicted octanol–water partition coefficient (Wildman–Crippen LogP) is 4.57. The van der Waals surface area contributed by atoms with Crippen LogP contribution < -0.4 is 0 Å². The van der Waals surface area contributed by atoms with E-state index in [0.29, 0.717) is 11.4 Å². The standard InChI is InChI=1S/C17H13F3N4OS/c18-17(19,20)6-8-25-23-10-13-4-1-5-14(24-13)15-11-22-16(26-15)12-3-2-7-21-9-12/h1-5,7,9-11H,6,8H2/b23-10+. The first-order chi connectivity index (χ1) is 12.5. The fourth-order valence-electron chi connectivity index (χ4n) is 1.98. The van der Waals surface area contributed by atoms with Gasteiger partial charge in [-0.15, -0.1) is 11.3 Å². The highest BCUT2D eigenvalue weighted by Crippen LogP contribution is 2.30. The van der Waals surface area contributed by atoms with Gasteiger partial charge in [0.1, 0.15) is 11.6 Å². The molecule has 134 valence electrons. The third-order valence-electron chi connectivity index (χ3n) is 3.17. The molecule has 0 radical (unpaired) electrons. The van der Waals surface area contributed by atoms with Crippen molar-refractivity contribution < 1.29 is 18.0 Å². The van der Waals surface area contributed by atoms with Crippen molar-refractivity contribution in [3.05, 3.63) is 54.6 Å². The minimum absolute atomic E-state index is 0.478. The Kier molecular flexibility index (Phi) is 5.57. The van der Waals surface area contributed by atoms with E-state index in [4.69, 9.17) is 0 Å². The lowest BCUT2D eigenvalue weighted by atomic mass is 10.3. The van der Waals surface area contributed by atoms with Gasteiger partial charge in [0.05, 0.1) is 28.9 Å². The molecule has 5 nitrogen and oxygen atoms in total. The number of thiazole rings is 1. The summed E-state index contributed by atoms with van der Waals surface area (Å²) in [6, 6.07) is 9.05. The number of hydrogen-bond donors (Lipinski definition) is 0. The van der Waals surface area contributed by atoms with Crippen molar-refractivity contribution in [1.82, 2.24) is 15.0 Å². The van der Waals surface area contributed by atoms with Crippen LogP contribution in [-0.2, 0) is 4.84 Å². The summed E-state index contributed by atoms with van der Waals surface area (Å²) < 4.78 is 36.1. The van der Waals surface area contributed by atoms with Crippen LogP contribution in [0, 0.1) is 0 Å². The van der Waals surface area contributed by atoms with Crippen molar-refractivity contribution in [3.8, 4) is 21.1 Å². The number of aromatic nitrogens is 3. The van der Waals surface area contributed by atoms with Crippen LogP contribution in [0.15, 0.2) is 54.1 Å². The average molecular weight is 378 g/mol. The van der Waals surface area contributed by atoms with E-state index in [2.05, 4.69) is 24.9 Å². The smallest absolute Gasteiger partial charge is 0.392 e. The second-order valence-electron chi connectivity index (χ2n) is 5.15. The van der Waals surface area contributed by atoms with Crippen LogP contribution in [0.25, 0.3) is 21.1 Å². The maximum Gasteiger partial charge on any atom is 0.392 e. The molecule has 26 heavy (non-hydrogen) atoms. The Bertz CT molecular complexity index is 881. The Morgan fingerprint density at radius 1 is 1.15 bits per heavy atom. The maximum absolute atomic E-state index is 12.0. The third kappa shape index (κ3) is 5.09. The molecule has 0 atom stereocenters. The molecule has 0 aliphatic carbocycles. The average Bonchev–Trinajstić information content (AvgIpc) is 3.12. The van der Waals surface area contributed by atoms with Crippen LogP contribution in [-0.4, -0.2) is 33.9 Å². The zero-order valence-corrected chi connectivity index (χ0v) is 14.2. The van der Waals surface area contributed by atoms with Gasteiger partial charge >= 0.3 is 6.18 Å². The lowest BCUT2D eigenvalue weighted by Crippen LogP contribution is -2.10. The summed E-state index contributed by atoms with van der Waals surface area (Å²) in [5.74, 6) is 0. The highest BCUT2D eigenvalue weighted by Gasteiger charge is 2.26. The number of hydrogen-bond acceptors (Lipinski definition) is 6. The number of alkyl halides is 3. The second-order valence-corrected chi connectivity index (χ2v) is 6.18. The van der Waals surface area contributed by atoms with Gasteiger partial charge in [0.25, 0.3) is 0 Å². The fraction of sp³-hybridized carbons (Fsp3) is 0.176. The van der Waals surface area contributed by atoms with Gasteiger partial charge in [-0.3, -0.25) is 4.98 Å². The molecule has 0 amide bonds. The Balaban J connectivity index is 1.67. The summed E-state index contributed by atoms with van der Waals surface area (Å²) in [4.78, 5) is 18.3. The lowest BCUT2D eigenvalue weighted by molar-refractivity contribution is -0.145. The van der Waals surface area contributed by atoms with E-state index in [-0.39, 0.29) is 0 Å². The molecule has 0 spiro atoms. The Morgan fingerprint density at radius 3 is 2.81 bits per heavy atom. The summed E-state index contributed by atoms with van der Waals surface area (Å²) in [5.41, 5.74) is 2.09. The normalized spacial score (nSPS) is 11.8. The first-order valence-corrected chi connectivity index (χ1v) is 8.39. The summed E-state index contributed by atoms with van der Waals surface area (Å²) in [5, 5.41) is 4.35. The first-order valence-electron chi connectivity index (χ1n) is 7.57. The van der Waals surface area contributed by atoms with Crippen molar-refractivity contribution in [1.29, 1.82) is 0 Å². The predicted molar refractivity (Wildman–Crippen MR) is 92.8 cm³/mol. The zero-order valence-electron chi connectivity index (χ0n) is 13.3. The minimum Gasteiger partial charge on any atom is -0.395 e. The number of halogens is 3. The van der Waals surface area contributed by atoms with E-state index in [9.17, 15) is 13.2 Å². The number of rotatable bonds is 6. The molecule has 3 aromatic rings. The summed E-state index contributed by atoms with van der Waals surface area (Å²) in [7, 11) is 0. The molecule has 3 rings (SSSR count). The van der Waals surface area contributed by atoms with Crippen molar-refractivity contribution in [2.45, 2.75) is 12.6 Å². The molecular formula is C17H13F3N4OS. The van der Waals surface area contributed by atoms with E-state index in [1.54, 1.807) is 30.7 Å². The van der Waals surface area contributed by atoms with Gasteiger partial charge in [0.15, 0.2) is 0 Å². The van der Waals surface area contributed by atoms with Crippen LogP contribution in [0.3, 0.4) is 0 Å². The molecule has 0 saturated carbocycles. The monoisotopic (exact) mass is 378 g/mol. The maximum atomic E-state index is 12.0. The quantitative estimate of drug-likeness (QED) is 0.358. The molecule has 0 aliphatic rings. The highest BCUT2D eigenvalue weighted by atomic mass is 32.1. The molecule has 0 unspecified atom stereocenters. The number of nitrogens with zero attached hydrogens (tertiary/aromatic N) is 4. The van der Waals surface area contributed by atoms with Crippen molar-refractivity contribution in [2.75, 3.05) is 6.61 Å². The van der Waals surface area contributed by atoms with E-state index < -0.39 is 19.2 Å². The van der Waals surface area contributed by atoms with Gasteiger partial charge < -0.3 is 4.84 Å². The van der Waals surface area contributed by atoms with Crippen LogP contribution in [0.2, 0.25) is 0 Å². The summed E-state index contributed by atoms with van der Waals surface area (Å²) in [6.07, 6.45) is 1.12. The van der Waals surface area contributed by atoms with E-state index in [1.165, 1.54) is 17.6 Å². The molecule has 0 saturated heterocycles. The summed E-state index contributed by atoms with van der Waals surface area (Å²) >= 11 is 1.47. The Labute approximate surface area is 151 Å². The van der Waals surface area contributed by atoms with Crippen LogP contribution in [0.4, 0.5) is 13.2 Å². The van der Waals surface area contributed by atoms with Crippen LogP contribution in [0.1, 0.15) is 12.1 Å². The summed E-state index contributed by atoms with van der Waals surface area (Å²) in [6.45, 7) is -0.525.